The van der Waals surface area contributed by atoms with Gasteiger partial charge in [0.05, 0.1) is 6.54 Å². The van der Waals surface area contributed by atoms with Crippen LogP contribution in [0, 0.1) is 0 Å². The summed E-state index contributed by atoms with van der Waals surface area (Å²) in [5.74, 6) is 0.366. The number of benzene rings is 1. The van der Waals surface area contributed by atoms with Crippen LogP contribution < -0.4 is 0 Å². The molecule has 0 aliphatic rings. The molecule has 19 heavy (non-hydrogen) atoms. The van der Waals surface area contributed by atoms with Crippen molar-refractivity contribution in [3.63, 3.8) is 0 Å². The van der Waals surface area contributed by atoms with Gasteiger partial charge in [-0.05, 0) is 44.7 Å². The fourth-order valence-corrected chi connectivity index (χ4v) is 2.31. The van der Waals surface area contributed by atoms with Gasteiger partial charge in [0.1, 0.15) is 5.75 Å². The van der Waals surface area contributed by atoms with Crippen molar-refractivity contribution in [2.75, 3.05) is 26.7 Å². The maximum absolute atomic E-state index is 12.0. The van der Waals surface area contributed by atoms with Gasteiger partial charge in [-0.25, -0.2) is 0 Å². The quantitative estimate of drug-likeness (QED) is 0.872. The zero-order valence-electron chi connectivity index (χ0n) is 11.7. The minimum Gasteiger partial charge on any atom is -0.508 e. The summed E-state index contributed by atoms with van der Waals surface area (Å²) in [6.07, 6.45) is 0. The second kappa shape index (κ2) is 7.50. The van der Waals surface area contributed by atoms with Crippen molar-refractivity contribution in [3.05, 3.63) is 28.2 Å². The standard InChI is InChI=1S/C14H21BrN2O2/c1-4-17(5-2)14(19)10-16(3)9-11-8-12(18)6-7-13(11)15/h6-8,18H,4-5,9-10H2,1-3H3. The van der Waals surface area contributed by atoms with E-state index in [2.05, 4.69) is 15.9 Å². The van der Waals surface area contributed by atoms with Crippen molar-refractivity contribution in [2.24, 2.45) is 0 Å². The molecule has 0 saturated heterocycles. The Morgan fingerprint density at radius 2 is 1.95 bits per heavy atom. The third kappa shape index (κ3) is 4.84. The fraction of sp³-hybridized carbons (Fsp3) is 0.500. The number of phenols is 1. The molecule has 1 aromatic rings. The highest BCUT2D eigenvalue weighted by atomic mass is 79.9. The molecule has 1 amide bonds. The largest absolute Gasteiger partial charge is 0.508 e. The Morgan fingerprint density at radius 3 is 2.53 bits per heavy atom. The Labute approximate surface area is 123 Å². The van der Waals surface area contributed by atoms with E-state index in [9.17, 15) is 9.90 Å². The molecule has 0 fully saturated rings. The smallest absolute Gasteiger partial charge is 0.236 e. The van der Waals surface area contributed by atoms with Gasteiger partial charge in [0.2, 0.25) is 5.91 Å². The van der Waals surface area contributed by atoms with Crippen LogP contribution in [-0.4, -0.2) is 47.5 Å². The SMILES string of the molecule is CCN(CC)C(=O)CN(C)Cc1cc(O)ccc1Br. The van der Waals surface area contributed by atoms with E-state index in [1.165, 1.54) is 0 Å². The lowest BCUT2D eigenvalue weighted by atomic mass is 10.2. The van der Waals surface area contributed by atoms with E-state index in [0.717, 1.165) is 23.1 Å². The van der Waals surface area contributed by atoms with Gasteiger partial charge in [-0.1, -0.05) is 15.9 Å². The second-order valence-corrected chi connectivity index (χ2v) is 5.37. The first-order valence-electron chi connectivity index (χ1n) is 6.41. The lowest BCUT2D eigenvalue weighted by Gasteiger charge is -2.23. The second-order valence-electron chi connectivity index (χ2n) is 4.51. The molecule has 0 spiro atoms. The van der Waals surface area contributed by atoms with Crippen LogP contribution in [0.3, 0.4) is 0 Å². The van der Waals surface area contributed by atoms with Crippen LogP contribution in [0.5, 0.6) is 5.75 Å². The molecule has 1 aromatic carbocycles. The molecule has 106 valence electrons. The minimum atomic E-state index is 0.128. The fourth-order valence-electron chi connectivity index (χ4n) is 1.94. The average molecular weight is 329 g/mol. The summed E-state index contributed by atoms with van der Waals surface area (Å²) < 4.78 is 0.937. The Hall–Kier alpha value is -1.07. The molecule has 0 atom stereocenters. The highest BCUT2D eigenvalue weighted by Gasteiger charge is 2.13. The van der Waals surface area contributed by atoms with Gasteiger partial charge >= 0.3 is 0 Å². The molecule has 0 aliphatic heterocycles. The summed E-state index contributed by atoms with van der Waals surface area (Å²) in [6, 6.07) is 5.15. The Bertz CT molecular complexity index is 433. The zero-order chi connectivity index (χ0) is 14.4. The van der Waals surface area contributed by atoms with E-state index in [-0.39, 0.29) is 11.7 Å². The molecular formula is C14H21BrN2O2. The van der Waals surface area contributed by atoms with Crippen molar-refractivity contribution in [2.45, 2.75) is 20.4 Å². The third-order valence-corrected chi connectivity index (χ3v) is 3.76. The van der Waals surface area contributed by atoms with Crippen molar-refractivity contribution >= 4 is 21.8 Å². The van der Waals surface area contributed by atoms with Gasteiger partial charge in [0, 0.05) is 24.1 Å². The van der Waals surface area contributed by atoms with Crippen LogP contribution >= 0.6 is 15.9 Å². The molecule has 0 saturated carbocycles. The number of phenolic OH excluding ortho intramolecular Hbond substituents is 1. The van der Waals surface area contributed by atoms with Gasteiger partial charge in [0.15, 0.2) is 0 Å². The number of likely N-dealkylation sites (N-methyl/N-ethyl adjacent to an activating group) is 2. The Morgan fingerprint density at radius 1 is 1.32 bits per heavy atom. The number of hydrogen-bond acceptors (Lipinski definition) is 3. The van der Waals surface area contributed by atoms with Crippen LogP contribution in [-0.2, 0) is 11.3 Å². The molecule has 0 bridgehead atoms. The van der Waals surface area contributed by atoms with Gasteiger partial charge in [0.25, 0.3) is 0 Å². The first kappa shape index (κ1) is 16.0. The van der Waals surface area contributed by atoms with Crippen LogP contribution in [0.4, 0.5) is 0 Å². The predicted octanol–water partition coefficient (Wildman–Crippen LogP) is 2.45. The normalized spacial score (nSPS) is 10.8. The predicted molar refractivity (Wildman–Crippen MR) is 80.1 cm³/mol. The topological polar surface area (TPSA) is 43.8 Å². The molecule has 0 aromatic heterocycles. The maximum atomic E-state index is 12.0. The van der Waals surface area contributed by atoms with Gasteiger partial charge in [-0.15, -0.1) is 0 Å². The number of hydrogen-bond donors (Lipinski definition) is 1. The molecule has 5 heteroatoms. The van der Waals surface area contributed by atoms with E-state index in [1.807, 2.05) is 36.8 Å². The average Bonchev–Trinajstić information content (AvgIpc) is 2.35. The summed E-state index contributed by atoms with van der Waals surface area (Å²) in [6.45, 7) is 6.42. The van der Waals surface area contributed by atoms with E-state index < -0.39 is 0 Å². The first-order valence-corrected chi connectivity index (χ1v) is 7.20. The molecule has 0 unspecified atom stereocenters. The molecule has 1 rings (SSSR count). The van der Waals surface area contributed by atoms with Crippen LogP contribution in [0.2, 0.25) is 0 Å². The highest BCUT2D eigenvalue weighted by molar-refractivity contribution is 9.10. The number of aromatic hydroxyl groups is 1. The summed E-state index contributed by atoms with van der Waals surface area (Å²) in [7, 11) is 1.90. The molecule has 4 nitrogen and oxygen atoms in total. The van der Waals surface area contributed by atoms with E-state index >= 15 is 0 Å². The van der Waals surface area contributed by atoms with E-state index in [1.54, 1.807) is 12.1 Å². The Balaban J connectivity index is 2.62. The lowest BCUT2D eigenvalue weighted by molar-refractivity contribution is -0.131. The molecule has 0 aliphatic carbocycles. The number of nitrogens with zero attached hydrogens (tertiary/aromatic N) is 2. The molecule has 1 N–H and O–H groups in total. The van der Waals surface area contributed by atoms with E-state index in [4.69, 9.17) is 0 Å². The summed E-state index contributed by atoms with van der Waals surface area (Å²) >= 11 is 3.45. The minimum absolute atomic E-state index is 0.128. The molecule has 0 heterocycles. The number of amides is 1. The lowest BCUT2D eigenvalue weighted by Crippen LogP contribution is -2.38. The van der Waals surface area contributed by atoms with E-state index in [0.29, 0.717) is 13.1 Å². The first-order chi connectivity index (χ1) is 8.97. The number of halogens is 1. The molecular weight excluding hydrogens is 308 g/mol. The summed E-state index contributed by atoms with van der Waals surface area (Å²) in [5, 5.41) is 9.48. The molecule has 0 radical (unpaired) electrons. The number of carbonyl (C=O) groups excluding carboxylic acids is 1. The summed E-state index contributed by atoms with van der Waals surface area (Å²) in [4.78, 5) is 15.7. The number of carbonyl (C=O) groups is 1. The highest BCUT2D eigenvalue weighted by Crippen LogP contribution is 2.22. The van der Waals surface area contributed by atoms with Crippen LogP contribution in [0.15, 0.2) is 22.7 Å². The van der Waals surface area contributed by atoms with Crippen LogP contribution in [0.25, 0.3) is 0 Å². The third-order valence-electron chi connectivity index (χ3n) is 2.99. The van der Waals surface area contributed by atoms with Crippen molar-refractivity contribution in [1.29, 1.82) is 0 Å². The van der Waals surface area contributed by atoms with Crippen molar-refractivity contribution in [3.8, 4) is 5.75 Å². The summed E-state index contributed by atoms with van der Waals surface area (Å²) in [5.41, 5.74) is 0.967. The van der Waals surface area contributed by atoms with Gasteiger partial charge < -0.3 is 10.0 Å². The van der Waals surface area contributed by atoms with Crippen molar-refractivity contribution in [1.82, 2.24) is 9.80 Å². The van der Waals surface area contributed by atoms with Crippen LogP contribution in [0.1, 0.15) is 19.4 Å². The monoisotopic (exact) mass is 328 g/mol. The maximum Gasteiger partial charge on any atom is 0.236 e. The Kier molecular flexibility index (Phi) is 6.31. The zero-order valence-corrected chi connectivity index (χ0v) is 13.3. The van der Waals surface area contributed by atoms with Crippen molar-refractivity contribution < 1.29 is 9.90 Å². The van der Waals surface area contributed by atoms with Gasteiger partial charge in [-0.3, -0.25) is 9.69 Å². The number of rotatable bonds is 6. The van der Waals surface area contributed by atoms with Gasteiger partial charge in [-0.2, -0.15) is 0 Å².